The van der Waals surface area contributed by atoms with Crippen LogP contribution in [0.5, 0.6) is 0 Å². The number of hydrogen-bond acceptors (Lipinski definition) is 5. The third-order valence-corrected chi connectivity index (χ3v) is 8.17. The number of likely N-dealkylation sites (tertiary alicyclic amines) is 1. The lowest BCUT2D eigenvalue weighted by molar-refractivity contribution is -0.181. The van der Waals surface area contributed by atoms with E-state index in [0.29, 0.717) is 30.3 Å². The number of aldehydes is 1. The highest BCUT2D eigenvalue weighted by Crippen LogP contribution is 2.51. The third kappa shape index (κ3) is 6.90. The van der Waals surface area contributed by atoms with Gasteiger partial charge in [0.2, 0.25) is 5.91 Å². The third-order valence-electron chi connectivity index (χ3n) is 8.17. The molecule has 2 fully saturated rings. The number of halogens is 3. The Balaban J connectivity index is 1.86. The molecule has 1 saturated carbocycles. The average molecular weight is 550 g/mol. The summed E-state index contributed by atoms with van der Waals surface area (Å²) in [5.74, 6) is -2.68. The van der Waals surface area contributed by atoms with Crippen LogP contribution in [0.1, 0.15) is 51.0 Å². The zero-order chi connectivity index (χ0) is 28.8. The molecule has 3 rings (SSSR count). The quantitative estimate of drug-likeness (QED) is 0.277. The van der Waals surface area contributed by atoms with Crippen LogP contribution in [-0.2, 0) is 14.4 Å². The number of hydrogen-bond donors (Lipinski definition) is 2. The van der Waals surface area contributed by atoms with Gasteiger partial charge in [0.25, 0.3) is 5.91 Å². The first kappa shape index (κ1) is 30.4. The minimum Gasteiger partial charge on any atom is -0.387 e. The van der Waals surface area contributed by atoms with Crippen molar-refractivity contribution in [3.8, 4) is 0 Å². The Morgan fingerprint density at radius 2 is 1.82 bits per heavy atom. The summed E-state index contributed by atoms with van der Waals surface area (Å²) in [5, 5.41) is 14.6. The highest BCUT2D eigenvalue weighted by Gasteiger charge is 2.56. The molecule has 2 atom stereocenters. The van der Waals surface area contributed by atoms with Crippen LogP contribution < -0.4 is 5.32 Å². The molecule has 1 aliphatic heterocycles. The van der Waals surface area contributed by atoms with E-state index in [1.807, 2.05) is 6.07 Å². The molecule has 1 aromatic rings. The Morgan fingerprint density at radius 1 is 1.18 bits per heavy atom. The van der Waals surface area contributed by atoms with Gasteiger partial charge >= 0.3 is 6.18 Å². The molecule has 2 N–H and O–H groups in total. The average Bonchev–Trinajstić information content (AvgIpc) is 3.37. The van der Waals surface area contributed by atoms with E-state index in [2.05, 4.69) is 5.32 Å². The number of benzene rings is 1. The van der Waals surface area contributed by atoms with Gasteiger partial charge in [0.15, 0.2) is 0 Å². The Kier molecular flexibility index (Phi) is 9.64. The van der Waals surface area contributed by atoms with Crippen LogP contribution >= 0.6 is 0 Å². The van der Waals surface area contributed by atoms with Gasteiger partial charge in [-0.1, -0.05) is 50.1 Å². The first-order chi connectivity index (χ1) is 18.4. The van der Waals surface area contributed by atoms with Crippen LogP contribution in [0.3, 0.4) is 0 Å². The number of alkyl halides is 3. The summed E-state index contributed by atoms with van der Waals surface area (Å²) in [6.07, 6.45) is 1.72. The van der Waals surface area contributed by atoms with Gasteiger partial charge in [-0.05, 0) is 36.5 Å². The monoisotopic (exact) mass is 549 g/mol. The molecule has 1 saturated heterocycles. The van der Waals surface area contributed by atoms with Gasteiger partial charge in [-0.2, -0.15) is 13.2 Å². The SMILES string of the molecule is CNC(=O)C(=C/N(C)CC1(O)CCN(C(=O)CC(C)C(F)(F)F)CC12CCCC2)/C(=C\C=O)c1ccccc1. The summed E-state index contributed by atoms with van der Waals surface area (Å²) >= 11 is 0. The van der Waals surface area contributed by atoms with Crippen molar-refractivity contribution in [3.63, 3.8) is 0 Å². The smallest absolute Gasteiger partial charge is 0.387 e. The van der Waals surface area contributed by atoms with Gasteiger partial charge in [-0.15, -0.1) is 0 Å². The van der Waals surface area contributed by atoms with Gasteiger partial charge in [-0.3, -0.25) is 14.4 Å². The van der Waals surface area contributed by atoms with E-state index < -0.39 is 41.3 Å². The molecule has 214 valence electrons. The van der Waals surface area contributed by atoms with Crippen molar-refractivity contribution in [2.24, 2.45) is 11.3 Å². The van der Waals surface area contributed by atoms with Gasteiger partial charge in [0.1, 0.15) is 6.29 Å². The maximum absolute atomic E-state index is 13.1. The second-order valence-electron chi connectivity index (χ2n) is 10.9. The Labute approximate surface area is 227 Å². The van der Waals surface area contributed by atoms with E-state index in [-0.39, 0.29) is 31.6 Å². The fourth-order valence-corrected chi connectivity index (χ4v) is 5.91. The summed E-state index contributed by atoms with van der Waals surface area (Å²) < 4.78 is 39.2. The minimum atomic E-state index is -4.44. The number of nitrogens with zero attached hydrogens (tertiary/aromatic N) is 2. The van der Waals surface area contributed by atoms with Crippen molar-refractivity contribution in [2.45, 2.75) is 57.2 Å². The number of nitrogens with one attached hydrogen (secondary N) is 1. The predicted molar refractivity (Wildman–Crippen MR) is 142 cm³/mol. The number of likely N-dealkylation sites (N-methyl/N-ethyl adjacent to an activating group) is 2. The number of amides is 2. The van der Waals surface area contributed by atoms with Crippen LogP contribution in [0.15, 0.2) is 48.2 Å². The lowest BCUT2D eigenvalue weighted by Gasteiger charge is -2.53. The van der Waals surface area contributed by atoms with E-state index in [9.17, 15) is 32.7 Å². The molecule has 2 unspecified atom stereocenters. The van der Waals surface area contributed by atoms with Gasteiger partial charge < -0.3 is 20.2 Å². The Hall–Kier alpha value is -3.14. The van der Waals surface area contributed by atoms with Crippen molar-refractivity contribution in [1.29, 1.82) is 0 Å². The molecule has 1 heterocycles. The maximum Gasteiger partial charge on any atom is 0.392 e. The number of aliphatic hydroxyl groups is 1. The minimum absolute atomic E-state index is 0.150. The molecule has 0 radical (unpaired) electrons. The van der Waals surface area contributed by atoms with Crippen molar-refractivity contribution in [1.82, 2.24) is 15.1 Å². The molecule has 10 heteroatoms. The molecular weight excluding hydrogens is 511 g/mol. The van der Waals surface area contributed by atoms with Crippen LogP contribution in [0.25, 0.3) is 5.57 Å². The Morgan fingerprint density at radius 3 is 2.38 bits per heavy atom. The largest absolute Gasteiger partial charge is 0.392 e. The molecule has 1 aliphatic carbocycles. The van der Waals surface area contributed by atoms with Crippen molar-refractivity contribution in [2.75, 3.05) is 33.7 Å². The summed E-state index contributed by atoms with van der Waals surface area (Å²) in [5.41, 5.74) is -0.525. The molecule has 0 aromatic heterocycles. The van der Waals surface area contributed by atoms with Crippen molar-refractivity contribution < 1.29 is 32.7 Å². The number of rotatable bonds is 9. The van der Waals surface area contributed by atoms with Crippen LogP contribution in [0.4, 0.5) is 13.2 Å². The molecule has 2 aliphatic rings. The standard InChI is InChI=1S/C29H38F3N3O4/c1-21(29(30,31)32)17-25(37)35-15-14-28(39,27(19-35)12-7-8-13-27)20-34(3)18-24(26(38)33-2)23(11-16-36)22-9-5-4-6-10-22/h4-6,9-11,16,18,21,39H,7-8,12-15,17,19-20H2,1-3H3,(H,33,38)/b23-11-,24-18+. The number of piperidine rings is 1. The second kappa shape index (κ2) is 12.4. The summed E-state index contributed by atoms with van der Waals surface area (Å²) in [7, 11) is 3.22. The van der Waals surface area contributed by atoms with Crippen LogP contribution in [0.2, 0.25) is 0 Å². The second-order valence-corrected chi connectivity index (χ2v) is 10.9. The predicted octanol–water partition coefficient (Wildman–Crippen LogP) is 3.94. The van der Waals surface area contributed by atoms with E-state index in [1.54, 1.807) is 42.4 Å². The highest BCUT2D eigenvalue weighted by atomic mass is 19.4. The summed E-state index contributed by atoms with van der Waals surface area (Å²) in [4.78, 5) is 40.3. The zero-order valence-corrected chi connectivity index (χ0v) is 22.8. The lowest BCUT2D eigenvalue weighted by Crippen LogP contribution is -2.63. The Bertz CT molecular complexity index is 1100. The fraction of sp³-hybridized carbons (Fsp3) is 0.552. The molecule has 39 heavy (non-hydrogen) atoms. The molecular formula is C29H38F3N3O4. The number of carbonyl (C=O) groups is 3. The van der Waals surface area contributed by atoms with Gasteiger partial charge in [0, 0.05) is 51.8 Å². The van der Waals surface area contributed by atoms with Gasteiger partial charge in [-0.25, -0.2) is 0 Å². The highest BCUT2D eigenvalue weighted by molar-refractivity contribution is 6.10. The lowest BCUT2D eigenvalue weighted by atomic mass is 9.65. The first-order valence-electron chi connectivity index (χ1n) is 13.3. The van der Waals surface area contributed by atoms with Crippen molar-refractivity contribution >= 4 is 23.7 Å². The van der Waals surface area contributed by atoms with Crippen LogP contribution in [-0.4, -0.2) is 78.5 Å². The maximum atomic E-state index is 13.1. The first-order valence-corrected chi connectivity index (χ1v) is 13.3. The van der Waals surface area contributed by atoms with E-state index in [1.165, 1.54) is 18.0 Å². The van der Waals surface area contributed by atoms with E-state index in [4.69, 9.17) is 0 Å². The molecule has 7 nitrogen and oxygen atoms in total. The number of allylic oxidation sites excluding steroid dienone is 1. The van der Waals surface area contributed by atoms with Crippen LogP contribution in [0, 0.1) is 11.3 Å². The molecule has 1 spiro atoms. The summed E-state index contributed by atoms with van der Waals surface area (Å²) in [6, 6.07) is 9.01. The zero-order valence-electron chi connectivity index (χ0n) is 22.8. The normalized spacial score (nSPS) is 22.5. The molecule has 0 bridgehead atoms. The van der Waals surface area contributed by atoms with Gasteiger partial charge in [0.05, 0.1) is 17.1 Å². The van der Waals surface area contributed by atoms with E-state index >= 15 is 0 Å². The number of carbonyl (C=O) groups excluding carboxylic acids is 3. The summed E-state index contributed by atoms with van der Waals surface area (Å²) in [6.45, 7) is 1.52. The van der Waals surface area contributed by atoms with E-state index in [0.717, 1.165) is 19.8 Å². The topological polar surface area (TPSA) is 90.0 Å². The molecule has 1 aromatic carbocycles. The fourth-order valence-electron chi connectivity index (χ4n) is 5.91. The molecule has 2 amide bonds. The van der Waals surface area contributed by atoms with Crippen molar-refractivity contribution in [3.05, 3.63) is 53.7 Å².